The van der Waals surface area contributed by atoms with Crippen molar-refractivity contribution in [1.82, 2.24) is 0 Å². The molecule has 5 nitrogen and oxygen atoms in total. The zero-order valence-corrected chi connectivity index (χ0v) is 9.39. The Bertz CT molecular complexity index is 413. The Morgan fingerprint density at radius 2 is 2.41 bits per heavy atom. The minimum Gasteiger partial charge on any atom is -0.508 e. The fourth-order valence-corrected chi connectivity index (χ4v) is 1.71. The van der Waals surface area contributed by atoms with Gasteiger partial charge in [-0.2, -0.15) is 0 Å². The second-order valence-electron chi connectivity index (χ2n) is 4.10. The van der Waals surface area contributed by atoms with Gasteiger partial charge in [-0.25, -0.2) is 4.79 Å². The van der Waals surface area contributed by atoms with Gasteiger partial charge in [-0.15, -0.1) is 0 Å². The number of nitrogens with two attached hydrogens (primary N) is 1. The maximum Gasteiger partial charge on any atom is 0.340 e. The highest BCUT2D eigenvalue weighted by atomic mass is 16.5. The van der Waals surface area contributed by atoms with E-state index in [2.05, 4.69) is 0 Å². The van der Waals surface area contributed by atoms with Gasteiger partial charge in [0.05, 0.1) is 18.8 Å². The van der Waals surface area contributed by atoms with Gasteiger partial charge < -0.3 is 20.3 Å². The molecular weight excluding hydrogens is 222 g/mol. The lowest BCUT2D eigenvalue weighted by atomic mass is 10.1. The Kier molecular flexibility index (Phi) is 3.49. The van der Waals surface area contributed by atoms with Crippen LogP contribution < -0.4 is 5.73 Å². The molecule has 0 amide bonds. The number of carbonyl (C=O) groups excluding carboxylic acids is 1. The Balaban J connectivity index is 1.96. The average Bonchev–Trinajstić information content (AvgIpc) is 2.82. The number of phenolic OH excluding ortho intramolecular Hbond substituents is 1. The van der Waals surface area contributed by atoms with Crippen molar-refractivity contribution in [3.63, 3.8) is 0 Å². The first-order valence-corrected chi connectivity index (χ1v) is 5.50. The highest BCUT2D eigenvalue weighted by Crippen LogP contribution is 2.20. The molecule has 0 aliphatic carbocycles. The van der Waals surface area contributed by atoms with Crippen molar-refractivity contribution >= 4 is 11.7 Å². The molecule has 1 saturated heterocycles. The topological polar surface area (TPSA) is 81.8 Å². The number of nitrogen functional groups attached to an aromatic ring is 1. The van der Waals surface area contributed by atoms with E-state index in [1.54, 1.807) is 0 Å². The summed E-state index contributed by atoms with van der Waals surface area (Å²) in [5.74, 6) is -0.252. The Morgan fingerprint density at radius 1 is 1.59 bits per heavy atom. The van der Waals surface area contributed by atoms with E-state index in [9.17, 15) is 9.90 Å². The third kappa shape index (κ3) is 2.88. The molecule has 5 heteroatoms. The van der Waals surface area contributed by atoms with Crippen LogP contribution in [0.15, 0.2) is 18.2 Å². The number of carbonyl (C=O) groups is 1. The van der Waals surface area contributed by atoms with Crippen LogP contribution in [0.1, 0.15) is 16.8 Å². The zero-order valence-electron chi connectivity index (χ0n) is 9.39. The molecule has 2 rings (SSSR count). The monoisotopic (exact) mass is 237 g/mol. The highest BCUT2D eigenvalue weighted by Gasteiger charge is 2.19. The third-order valence-electron chi connectivity index (χ3n) is 2.73. The molecule has 3 N–H and O–H groups in total. The fourth-order valence-electron chi connectivity index (χ4n) is 1.71. The van der Waals surface area contributed by atoms with E-state index < -0.39 is 5.97 Å². The maximum absolute atomic E-state index is 11.7. The molecule has 1 aromatic rings. The van der Waals surface area contributed by atoms with Crippen molar-refractivity contribution in [3.05, 3.63) is 23.8 Å². The molecule has 0 bridgehead atoms. The lowest BCUT2D eigenvalue weighted by Gasteiger charge is -2.10. The van der Waals surface area contributed by atoms with Gasteiger partial charge in [0, 0.05) is 18.2 Å². The van der Waals surface area contributed by atoms with Crippen LogP contribution in [0.4, 0.5) is 5.69 Å². The van der Waals surface area contributed by atoms with Crippen molar-refractivity contribution in [3.8, 4) is 5.75 Å². The van der Waals surface area contributed by atoms with Gasteiger partial charge in [0.2, 0.25) is 0 Å². The van der Waals surface area contributed by atoms with Crippen LogP contribution in [0.2, 0.25) is 0 Å². The van der Waals surface area contributed by atoms with Gasteiger partial charge >= 0.3 is 5.97 Å². The first-order chi connectivity index (χ1) is 8.16. The molecule has 1 aliphatic heterocycles. The minimum absolute atomic E-state index is 0.00431. The SMILES string of the molecule is Nc1ccc(O)cc1C(=O)OCC1CCOC1. The summed E-state index contributed by atoms with van der Waals surface area (Å²) in [7, 11) is 0. The lowest BCUT2D eigenvalue weighted by molar-refractivity contribution is 0.0429. The molecule has 0 radical (unpaired) electrons. The van der Waals surface area contributed by atoms with Crippen molar-refractivity contribution in [2.75, 3.05) is 25.6 Å². The summed E-state index contributed by atoms with van der Waals surface area (Å²) >= 11 is 0. The summed E-state index contributed by atoms with van der Waals surface area (Å²) < 4.78 is 10.3. The molecule has 17 heavy (non-hydrogen) atoms. The van der Waals surface area contributed by atoms with Crippen molar-refractivity contribution in [1.29, 1.82) is 0 Å². The first-order valence-electron chi connectivity index (χ1n) is 5.50. The van der Waals surface area contributed by atoms with Crippen LogP contribution in [0.3, 0.4) is 0 Å². The number of rotatable bonds is 3. The third-order valence-corrected chi connectivity index (χ3v) is 2.73. The second kappa shape index (κ2) is 5.05. The number of hydrogen-bond acceptors (Lipinski definition) is 5. The van der Waals surface area contributed by atoms with E-state index >= 15 is 0 Å². The van der Waals surface area contributed by atoms with Crippen molar-refractivity contribution in [2.24, 2.45) is 5.92 Å². The summed E-state index contributed by atoms with van der Waals surface area (Å²) in [6.07, 6.45) is 0.906. The van der Waals surface area contributed by atoms with Gasteiger partial charge in [-0.1, -0.05) is 0 Å². The molecule has 0 spiro atoms. The normalized spacial score (nSPS) is 19.2. The molecule has 1 fully saturated rings. The number of anilines is 1. The number of ether oxygens (including phenoxy) is 2. The number of aromatic hydroxyl groups is 1. The van der Waals surface area contributed by atoms with Crippen molar-refractivity contribution in [2.45, 2.75) is 6.42 Å². The predicted octanol–water partition coefficient (Wildman–Crippen LogP) is 1.17. The maximum atomic E-state index is 11.7. The molecule has 1 atom stereocenters. The van der Waals surface area contributed by atoms with Crippen LogP contribution in [-0.2, 0) is 9.47 Å². The Labute approximate surface area is 99.1 Å². The van der Waals surface area contributed by atoms with Crippen LogP contribution in [0.25, 0.3) is 0 Å². The van der Waals surface area contributed by atoms with Gasteiger partial charge in [0.25, 0.3) is 0 Å². The molecule has 1 aliphatic rings. The number of hydrogen-bond donors (Lipinski definition) is 2. The first kappa shape index (κ1) is 11.7. The number of benzene rings is 1. The lowest BCUT2D eigenvalue weighted by Crippen LogP contribution is -2.15. The quantitative estimate of drug-likeness (QED) is 0.468. The average molecular weight is 237 g/mol. The van der Waals surface area contributed by atoms with E-state index in [1.165, 1.54) is 18.2 Å². The minimum atomic E-state index is -0.509. The summed E-state index contributed by atoms with van der Waals surface area (Å²) in [5.41, 5.74) is 6.14. The standard InChI is InChI=1S/C12H15NO4/c13-11-2-1-9(14)5-10(11)12(15)17-7-8-3-4-16-6-8/h1-2,5,8,14H,3-4,6-7,13H2. The van der Waals surface area contributed by atoms with Gasteiger partial charge in [0.1, 0.15) is 5.75 Å². The summed E-state index contributed by atoms with van der Waals surface area (Å²) in [4.78, 5) is 11.7. The molecule has 0 aromatic heterocycles. The number of phenols is 1. The van der Waals surface area contributed by atoms with Crippen LogP contribution in [-0.4, -0.2) is 30.9 Å². The Morgan fingerprint density at radius 3 is 3.12 bits per heavy atom. The van der Waals surface area contributed by atoms with E-state index in [-0.39, 0.29) is 17.2 Å². The van der Waals surface area contributed by atoms with Crippen LogP contribution >= 0.6 is 0 Å². The molecule has 1 unspecified atom stereocenters. The van der Waals surface area contributed by atoms with E-state index in [4.69, 9.17) is 15.2 Å². The number of esters is 1. The summed E-state index contributed by atoms with van der Waals surface area (Å²) in [5, 5.41) is 9.28. The molecular formula is C12H15NO4. The van der Waals surface area contributed by atoms with E-state index in [0.717, 1.165) is 13.0 Å². The Hall–Kier alpha value is -1.75. The molecule has 92 valence electrons. The summed E-state index contributed by atoms with van der Waals surface area (Å²) in [6, 6.07) is 4.21. The van der Waals surface area contributed by atoms with Gasteiger partial charge in [0.15, 0.2) is 0 Å². The predicted molar refractivity (Wildman–Crippen MR) is 61.7 cm³/mol. The smallest absolute Gasteiger partial charge is 0.340 e. The van der Waals surface area contributed by atoms with E-state index in [1.807, 2.05) is 0 Å². The zero-order chi connectivity index (χ0) is 12.3. The van der Waals surface area contributed by atoms with Crippen LogP contribution in [0, 0.1) is 5.92 Å². The second-order valence-corrected chi connectivity index (χ2v) is 4.10. The van der Waals surface area contributed by atoms with Crippen LogP contribution in [0.5, 0.6) is 5.75 Å². The highest BCUT2D eigenvalue weighted by molar-refractivity contribution is 5.95. The largest absolute Gasteiger partial charge is 0.508 e. The fraction of sp³-hybridized carbons (Fsp3) is 0.417. The van der Waals surface area contributed by atoms with Crippen molar-refractivity contribution < 1.29 is 19.4 Å². The molecule has 0 saturated carbocycles. The van der Waals surface area contributed by atoms with E-state index in [0.29, 0.717) is 18.9 Å². The molecule has 1 heterocycles. The summed E-state index contributed by atoms with van der Waals surface area (Å²) in [6.45, 7) is 1.67. The molecule has 1 aromatic carbocycles. The van der Waals surface area contributed by atoms with Gasteiger partial charge in [-0.05, 0) is 24.6 Å². The van der Waals surface area contributed by atoms with Gasteiger partial charge in [-0.3, -0.25) is 0 Å².